The summed E-state index contributed by atoms with van der Waals surface area (Å²) in [6, 6.07) is 17.1. The lowest BCUT2D eigenvalue weighted by Crippen LogP contribution is -2.47. The van der Waals surface area contributed by atoms with Crippen molar-refractivity contribution in [3.05, 3.63) is 60.5 Å². The molecule has 0 unspecified atom stereocenters. The Morgan fingerprint density at radius 3 is 2.81 bits per heavy atom. The number of rotatable bonds is 8. The molecule has 3 aromatic rings. The molecular weight excluding hydrogens is 406 g/mol. The van der Waals surface area contributed by atoms with E-state index in [1.807, 2.05) is 61.5 Å². The van der Waals surface area contributed by atoms with Crippen molar-refractivity contribution in [2.45, 2.75) is 38.8 Å². The van der Waals surface area contributed by atoms with E-state index in [4.69, 9.17) is 9.26 Å². The van der Waals surface area contributed by atoms with Crippen LogP contribution in [0, 0.1) is 0 Å². The fraction of sp³-hybridized carbons (Fsp3) is 0.375. The number of anilines is 1. The second kappa shape index (κ2) is 10.8. The van der Waals surface area contributed by atoms with Crippen LogP contribution in [0.4, 0.5) is 10.5 Å². The highest BCUT2D eigenvalue weighted by Gasteiger charge is 2.25. The van der Waals surface area contributed by atoms with Crippen LogP contribution in [0.3, 0.4) is 0 Å². The number of amides is 2. The normalized spacial score (nSPS) is 16.5. The van der Waals surface area contributed by atoms with Crippen LogP contribution < -0.4 is 15.4 Å². The van der Waals surface area contributed by atoms with Gasteiger partial charge in [0.05, 0.1) is 18.7 Å². The molecule has 0 saturated carbocycles. The highest BCUT2D eigenvalue weighted by atomic mass is 16.5. The molecule has 1 atom stereocenters. The van der Waals surface area contributed by atoms with Crippen LogP contribution in [-0.2, 0) is 6.54 Å². The van der Waals surface area contributed by atoms with Gasteiger partial charge >= 0.3 is 6.03 Å². The summed E-state index contributed by atoms with van der Waals surface area (Å²) in [6.07, 6.45) is 3.26. The molecule has 1 aliphatic rings. The number of piperidine rings is 1. The van der Waals surface area contributed by atoms with Gasteiger partial charge in [-0.25, -0.2) is 4.79 Å². The standard InChI is InChI=1S/C24H29N5O3/c1-2-31-21-14-7-6-13-20(21)23-27-22(32-28-23)17-29-15-9-8-12-19(29)16-25-24(30)26-18-10-4-3-5-11-18/h3-7,10-11,13-14,19H,2,8-9,12,15-17H2,1H3,(H2,25,26,30)/t19-/m0/s1. The quantitative estimate of drug-likeness (QED) is 0.548. The Balaban J connectivity index is 1.36. The van der Waals surface area contributed by atoms with Gasteiger partial charge in [0.2, 0.25) is 11.7 Å². The van der Waals surface area contributed by atoms with Crippen LogP contribution in [0.1, 0.15) is 32.1 Å². The molecule has 0 bridgehead atoms. The van der Waals surface area contributed by atoms with Gasteiger partial charge in [-0.1, -0.05) is 41.9 Å². The topological polar surface area (TPSA) is 92.5 Å². The number of carbonyl (C=O) groups is 1. The van der Waals surface area contributed by atoms with E-state index in [1.165, 1.54) is 0 Å². The molecule has 2 amide bonds. The molecule has 1 aromatic heterocycles. The molecule has 0 radical (unpaired) electrons. The number of likely N-dealkylation sites (tertiary alicyclic amines) is 1. The molecule has 8 heteroatoms. The van der Waals surface area contributed by atoms with E-state index in [0.717, 1.165) is 42.8 Å². The number of ether oxygens (including phenoxy) is 1. The van der Waals surface area contributed by atoms with Gasteiger partial charge in [0.1, 0.15) is 5.75 Å². The lowest BCUT2D eigenvalue weighted by molar-refractivity contribution is 0.123. The molecule has 2 heterocycles. The summed E-state index contributed by atoms with van der Waals surface area (Å²) in [7, 11) is 0. The zero-order valence-electron chi connectivity index (χ0n) is 18.3. The highest BCUT2D eigenvalue weighted by Crippen LogP contribution is 2.28. The number of aromatic nitrogens is 2. The van der Waals surface area contributed by atoms with Gasteiger partial charge < -0.3 is 19.9 Å². The fourth-order valence-corrected chi connectivity index (χ4v) is 3.94. The lowest BCUT2D eigenvalue weighted by atomic mass is 10.0. The van der Waals surface area contributed by atoms with E-state index in [0.29, 0.717) is 31.4 Å². The number of benzene rings is 2. The maximum atomic E-state index is 12.3. The zero-order valence-corrected chi connectivity index (χ0v) is 18.3. The molecule has 2 aromatic carbocycles. The van der Waals surface area contributed by atoms with E-state index >= 15 is 0 Å². The molecule has 8 nitrogen and oxygen atoms in total. The highest BCUT2D eigenvalue weighted by molar-refractivity contribution is 5.89. The van der Waals surface area contributed by atoms with Crippen molar-refractivity contribution in [2.24, 2.45) is 0 Å². The second-order valence-electron chi connectivity index (χ2n) is 7.76. The Hall–Kier alpha value is -3.39. The number of urea groups is 1. The average molecular weight is 436 g/mol. The van der Waals surface area contributed by atoms with Crippen LogP contribution in [0.25, 0.3) is 11.4 Å². The Morgan fingerprint density at radius 1 is 1.16 bits per heavy atom. The summed E-state index contributed by atoms with van der Waals surface area (Å²) in [4.78, 5) is 19.2. The van der Waals surface area contributed by atoms with E-state index < -0.39 is 0 Å². The van der Waals surface area contributed by atoms with Crippen molar-refractivity contribution in [3.8, 4) is 17.1 Å². The predicted molar refractivity (Wildman–Crippen MR) is 122 cm³/mol. The Morgan fingerprint density at radius 2 is 1.97 bits per heavy atom. The van der Waals surface area contributed by atoms with E-state index in [-0.39, 0.29) is 12.1 Å². The van der Waals surface area contributed by atoms with Crippen LogP contribution in [0.5, 0.6) is 5.75 Å². The van der Waals surface area contributed by atoms with Gasteiger partial charge in [-0.2, -0.15) is 4.98 Å². The first-order valence-corrected chi connectivity index (χ1v) is 11.1. The van der Waals surface area contributed by atoms with Crippen molar-refractivity contribution in [2.75, 3.05) is 25.0 Å². The van der Waals surface area contributed by atoms with Crippen LogP contribution in [0.15, 0.2) is 59.1 Å². The molecule has 1 saturated heterocycles. The SMILES string of the molecule is CCOc1ccccc1-c1noc(CN2CCCC[C@H]2CNC(=O)Nc2ccccc2)n1. The Bertz CT molecular complexity index is 1010. The summed E-state index contributed by atoms with van der Waals surface area (Å²) >= 11 is 0. The Kier molecular flexibility index (Phi) is 7.34. The molecule has 1 fully saturated rings. The van der Waals surface area contributed by atoms with Crippen molar-refractivity contribution in [1.29, 1.82) is 0 Å². The first kappa shape index (κ1) is 21.8. The minimum atomic E-state index is -0.200. The number of nitrogens with one attached hydrogen (secondary N) is 2. The predicted octanol–water partition coefficient (Wildman–Crippen LogP) is 4.31. The molecule has 0 aliphatic carbocycles. The van der Waals surface area contributed by atoms with Gasteiger partial charge in [-0.05, 0) is 50.6 Å². The van der Waals surface area contributed by atoms with Gasteiger partial charge in [0.15, 0.2) is 0 Å². The van der Waals surface area contributed by atoms with Crippen molar-refractivity contribution in [1.82, 2.24) is 20.4 Å². The van der Waals surface area contributed by atoms with E-state index in [1.54, 1.807) is 0 Å². The fourth-order valence-electron chi connectivity index (χ4n) is 3.94. The van der Waals surface area contributed by atoms with Crippen LogP contribution >= 0.6 is 0 Å². The number of hydrogen-bond acceptors (Lipinski definition) is 6. The maximum absolute atomic E-state index is 12.3. The first-order valence-electron chi connectivity index (χ1n) is 11.1. The zero-order chi connectivity index (χ0) is 22.2. The molecule has 4 rings (SSSR count). The molecule has 168 valence electrons. The van der Waals surface area contributed by atoms with Crippen molar-refractivity contribution in [3.63, 3.8) is 0 Å². The van der Waals surface area contributed by atoms with E-state index in [2.05, 4.69) is 25.7 Å². The molecule has 1 aliphatic heterocycles. The summed E-state index contributed by atoms with van der Waals surface area (Å²) in [5.41, 5.74) is 1.59. The first-order chi connectivity index (χ1) is 15.7. The van der Waals surface area contributed by atoms with Crippen LogP contribution in [0.2, 0.25) is 0 Å². The third-order valence-corrected chi connectivity index (χ3v) is 5.51. The van der Waals surface area contributed by atoms with Crippen LogP contribution in [-0.4, -0.2) is 46.8 Å². The van der Waals surface area contributed by atoms with Crippen molar-refractivity contribution >= 4 is 11.7 Å². The lowest BCUT2D eigenvalue weighted by Gasteiger charge is -2.34. The number of hydrogen-bond donors (Lipinski definition) is 2. The summed E-state index contributed by atoms with van der Waals surface area (Å²) in [5, 5.41) is 10.0. The average Bonchev–Trinajstić information content (AvgIpc) is 3.28. The number of para-hydroxylation sites is 2. The molecule has 2 N–H and O–H groups in total. The number of carbonyl (C=O) groups excluding carboxylic acids is 1. The summed E-state index contributed by atoms with van der Waals surface area (Å²) < 4.78 is 11.2. The van der Waals surface area contributed by atoms with Gasteiger partial charge in [0.25, 0.3) is 0 Å². The third-order valence-electron chi connectivity index (χ3n) is 5.51. The maximum Gasteiger partial charge on any atom is 0.319 e. The Labute approximate surface area is 188 Å². The molecule has 0 spiro atoms. The van der Waals surface area contributed by atoms with Gasteiger partial charge in [0, 0.05) is 18.3 Å². The summed E-state index contributed by atoms with van der Waals surface area (Å²) in [5.74, 6) is 1.83. The smallest absolute Gasteiger partial charge is 0.319 e. The third kappa shape index (κ3) is 5.64. The minimum Gasteiger partial charge on any atom is -0.493 e. The molecule has 32 heavy (non-hydrogen) atoms. The van der Waals surface area contributed by atoms with Crippen molar-refractivity contribution < 1.29 is 14.1 Å². The monoisotopic (exact) mass is 435 g/mol. The van der Waals surface area contributed by atoms with Gasteiger partial charge in [-0.3, -0.25) is 4.90 Å². The number of nitrogens with zero attached hydrogens (tertiary/aromatic N) is 3. The van der Waals surface area contributed by atoms with E-state index in [9.17, 15) is 4.79 Å². The van der Waals surface area contributed by atoms with Gasteiger partial charge in [-0.15, -0.1) is 0 Å². The second-order valence-corrected chi connectivity index (χ2v) is 7.76. The minimum absolute atomic E-state index is 0.200. The molecular formula is C24H29N5O3. The summed E-state index contributed by atoms with van der Waals surface area (Å²) in [6.45, 7) is 4.56. The largest absolute Gasteiger partial charge is 0.493 e.